The summed E-state index contributed by atoms with van der Waals surface area (Å²) in [6, 6.07) is 0. The van der Waals surface area contributed by atoms with Gasteiger partial charge < -0.3 is 14.6 Å². The molecule has 2 aliphatic rings. The molecular formula is C13H24O3. The predicted molar refractivity (Wildman–Crippen MR) is 62.1 cm³/mol. The van der Waals surface area contributed by atoms with Crippen LogP contribution < -0.4 is 0 Å². The first-order valence-corrected chi connectivity index (χ1v) is 6.45. The van der Waals surface area contributed by atoms with Crippen LogP contribution in [-0.4, -0.2) is 29.2 Å². The smallest absolute Gasteiger partial charge is 0.163 e. The van der Waals surface area contributed by atoms with Gasteiger partial charge in [0.2, 0.25) is 0 Å². The van der Waals surface area contributed by atoms with Crippen LogP contribution in [0.4, 0.5) is 0 Å². The molecule has 3 heteroatoms. The van der Waals surface area contributed by atoms with Crippen LogP contribution in [-0.2, 0) is 9.47 Å². The first-order chi connectivity index (χ1) is 7.43. The fourth-order valence-corrected chi connectivity index (χ4v) is 3.50. The lowest BCUT2D eigenvalue weighted by molar-refractivity contribution is -0.166. The van der Waals surface area contributed by atoms with Gasteiger partial charge in [-0.3, -0.25) is 0 Å². The van der Waals surface area contributed by atoms with Gasteiger partial charge >= 0.3 is 0 Å². The van der Waals surface area contributed by atoms with Crippen molar-refractivity contribution in [3.05, 3.63) is 0 Å². The molecule has 3 nitrogen and oxygen atoms in total. The van der Waals surface area contributed by atoms with Gasteiger partial charge in [-0.1, -0.05) is 13.8 Å². The largest absolute Gasteiger partial charge is 0.374 e. The molecule has 0 aromatic heterocycles. The van der Waals surface area contributed by atoms with Crippen LogP contribution in [0.2, 0.25) is 0 Å². The van der Waals surface area contributed by atoms with Gasteiger partial charge in [0.05, 0.1) is 23.2 Å². The van der Waals surface area contributed by atoms with Crippen LogP contribution in [0, 0.1) is 5.41 Å². The summed E-state index contributed by atoms with van der Waals surface area (Å²) in [4.78, 5) is 0. The summed E-state index contributed by atoms with van der Waals surface area (Å²) in [5.74, 6) is 0. The summed E-state index contributed by atoms with van der Waals surface area (Å²) in [6.07, 6.45) is 3.58. The van der Waals surface area contributed by atoms with Crippen molar-refractivity contribution in [3.63, 3.8) is 0 Å². The Hall–Kier alpha value is -0.120. The normalized spacial score (nSPS) is 46.7. The summed E-state index contributed by atoms with van der Waals surface area (Å²) in [5.41, 5.74) is -0.391. The lowest BCUT2D eigenvalue weighted by Gasteiger charge is -2.30. The molecule has 2 heterocycles. The van der Waals surface area contributed by atoms with Crippen LogP contribution >= 0.6 is 0 Å². The third kappa shape index (κ3) is 1.79. The second kappa shape index (κ2) is 3.97. The lowest BCUT2D eigenvalue weighted by atomic mass is 9.73. The van der Waals surface area contributed by atoms with Gasteiger partial charge in [-0.2, -0.15) is 0 Å². The maximum Gasteiger partial charge on any atom is 0.163 e. The molecule has 2 rings (SSSR count). The molecule has 4 atom stereocenters. The Morgan fingerprint density at radius 3 is 2.38 bits per heavy atom. The van der Waals surface area contributed by atoms with Crippen LogP contribution in [0.15, 0.2) is 0 Å². The maximum atomic E-state index is 10.2. The van der Waals surface area contributed by atoms with E-state index in [9.17, 15) is 5.11 Å². The second-order valence-electron chi connectivity index (χ2n) is 5.91. The molecule has 0 bridgehead atoms. The molecular weight excluding hydrogens is 204 g/mol. The Labute approximate surface area is 98.1 Å². The number of aliphatic hydroxyl groups is 1. The Morgan fingerprint density at radius 1 is 1.25 bits per heavy atom. The lowest BCUT2D eigenvalue weighted by Crippen LogP contribution is -2.38. The van der Waals surface area contributed by atoms with Gasteiger partial charge in [0.1, 0.15) is 0 Å². The van der Waals surface area contributed by atoms with Crippen LogP contribution in [0.1, 0.15) is 53.4 Å². The third-order valence-electron chi connectivity index (χ3n) is 4.11. The zero-order valence-electron chi connectivity index (χ0n) is 10.8. The van der Waals surface area contributed by atoms with E-state index in [0.717, 1.165) is 25.7 Å². The maximum absolute atomic E-state index is 10.2. The van der Waals surface area contributed by atoms with Gasteiger partial charge in [0.25, 0.3) is 0 Å². The molecule has 4 unspecified atom stereocenters. The van der Waals surface area contributed by atoms with E-state index in [-0.39, 0.29) is 23.2 Å². The minimum Gasteiger partial charge on any atom is -0.374 e. The van der Waals surface area contributed by atoms with Gasteiger partial charge in [-0.15, -0.1) is 0 Å². The molecule has 16 heavy (non-hydrogen) atoms. The van der Waals surface area contributed by atoms with Crippen molar-refractivity contribution in [1.29, 1.82) is 0 Å². The highest BCUT2D eigenvalue weighted by atomic mass is 16.6. The highest BCUT2D eigenvalue weighted by molar-refractivity contribution is 5.04. The van der Waals surface area contributed by atoms with Crippen LogP contribution in [0.3, 0.4) is 0 Å². The van der Waals surface area contributed by atoms with E-state index in [4.69, 9.17) is 9.47 Å². The quantitative estimate of drug-likeness (QED) is 0.789. The first-order valence-electron chi connectivity index (χ1n) is 6.45. The standard InChI is InChI=1S/C13H24O3/c1-5-9-7-13(10(6-2)15-9)8-12(3,4)16-11(13)14/h9-11,14H,5-8H2,1-4H3. The fraction of sp³-hybridized carbons (Fsp3) is 1.00. The zero-order chi connectivity index (χ0) is 12.0. The minimum atomic E-state index is -0.663. The molecule has 1 spiro atoms. The summed E-state index contributed by atoms with van der Waals surface area (Å²) < 4.78 is 11.7. The van der Waals surface area contributed by atoms with E-state index in [1.807, 2.05) is 0 Å². The molecule has 0 aromatic carbocycles. The monoisotopic (exact) mass is 228 g/mol. The molecule has 1 N–H and O–H groups in total. The van der Waals surface area contributed by atoms with Gasteiger partial charge in [0, 0.05) is 0 Å². The number of hydrogen-bond acceptors (Lipinski definition) is 3. The number of hydrogen-bond donors (Lipinski definition) is 1. The van der Waals surface area contributed by atoms with E-state index in [2.05, 4.69) is 27.7 Å². The molecule has 0 aromatic rings. The van der Waals surface area contributed by atoms with Crippen molar-refractivity contribution in [2.45, 2.75) is 77.5 Å². The topological polar surface area (TPSA) is 38.7 Å². The van der Waals surface area contributed by atoms with Crippen molar-refractivity contribution in [1.82, 2.24) is 0 Å². The first kappa shape index (κ1) is 12.3. The van der Waals surface area contributed by atoms with Crippen molar-refractivity contribution in [2.75, 3.05) is 0 Å². The van der Waals surface area contributed by atoms with Crippen molar-refractivity contribution < 1.29 is 14.6 Å². The van der Waals surface area contributed by atoms with E-state index in [1.165, 1.54) is 0 Å². The Kier molecular flexibility index (Phi) is 3.06. The fourth-order valence-electron chi connectivity index (χ4n) is 3.50. The molecule has 2 saturated heterocycles. The van der Waals surface area contributed by atoms with Gasteiger partial charge in [-0.25, -0.2) is 0 Å². The summed E-state index contributed by atoms with van der Waals surface area (Å²) in [5, 5.41) is 10.2. The summed E-state index contributed by atoms with van der Waals surface area (Å²) >= 11 is 0. The number of ether oxygens (including phenoxy) is 2. The Balaban J connectivity index is 2.23. The molecule has 94 valence electrons. The summed E-state index contributed by atoms with van der Waals surface area (Å²) in [7, 11) is 0. The van der Waals surface area contributed by atoms with Crippen LogP contribution in [0.25, 0.3) is 0 Å². The average Bonchev–Trinajstić information content (AvgIpc) is 2.65. The van der Waals surface area contributed by atoms with Crippen molar-refractivity contribution in [2.24, 2.45) is 5.41 Å². The number of rotatable bonds is 2. The summed E-state index contributed by atoms with van der Waals surface area (Å²) in [6.45, 7) is 8.38. The minimum absolute atomic E-state index is 0.147. The highest BCUT2D eigenvalue weighted by Crippen LogP contribution is 2.54. The molecule has 0 amide bonds. The highest BCUT2D eigenvalue weighted by Gasteiger charge is 2.59. The van der Waals surface area contributed by atoms with E-state index >= 15 is 0 Å². The van der Waals surface area contributed by atoms with Crippen LogP contribution in [0.5, 0.6) is 0 Å². The SMILES string of the molecule is CCC1CC2(CC(C)(C)OC2O)C(CC)O1. The molecule has 0 saturated carbocycles. The van der Waals surface area contributed by atoms with E-state index in [1.54, 1.807) is 0 Å². The molecule has 0 aliphatic carbocycles. The van der Waals surface area contributed by atoms with E-state index in [0.29, 0.717) is 0 Å². The molecule has 2 fully saturated rings. The third-order valence-corrected chi connectivity index (χ3v) is 4.11. The molecule has 0 radical (unpaired) electrons. The van der Waals surface area contributed by atoms with E-state index < -0.39 is 6.29 Å². The predicted octanol–water partition coefficient (Wildman–Crippen LogP) is 2.47. The number of aliphatic hydroxyl groups excluding tert-OH is 1. The van der Waals surface area contributed by atoms with Crippen molar-refractivity contribution >= 4 is 0 Å². The van der Waals surface area contributed by atoms with Gasteiger partial charge in [-0.05, 0) is 39.5 Å². The average molecular weight is 228 g/mol. The Bertz CT molecular complexity index is 264. The van der Waals surface area contributed by atoms with Gasteiger partial charge in [0.15, 0.2) is 6.29 Å². The Morgan fingerprint density at radius 2 is 1.94 bits per heavy atom. The zero-order valence-corrected chi connectivity index (χ0v) is 10.8. The molecule has 2 aliphatic heterocycles. The van der Waals surface area contributed by atoms with Crippen molar-refractivity contribution in [3.8, 4) is 0 Å². The second-order valence-corrected chi connectivity index (χ2v) is 5.91.